The Hall–Kier alpha value is -2.18. The van der Waals surface area contributed by atoms with E-state index < -0.39 is 12.3 Å². The summed E-state index contributed by atoms with van der Waals surface area (Å²) in [7, 11) is 0. The lowest BCUT2D eigenvalue weighted by Gasteiger charge is -2.13. The van der Waals surface area contributed by atoms with Gasteiger partial charge in [-0.1, -0.05) is 29.3 Å². The average Bonchev–Trinajstić information content (AvgIpc) is 2.87. The van der Waals surface area contributed by atoms with Crippen LogP contribution in [0.2, 0.25) is 10.0 Å². The molecule has 3 aromatic rings. The molecule has 0 aliphatic rings. The van der Waals surface area contributed by atoms with Crippen LogP contribution in [-0.4, -0.2) is 16.8 Å². The van der Waals surface area contributed by atoms with Gasteiger partial charge >= 0.3 is 6.36 Å². The predicted octanol–water partition coefficient (Wildman–Crippen LogP) is 6.46. The van der Waals surface area contributed by atoms with Gasteiger partial charge in [0.1, 0.15) is 5.75 Å². The molecule has 0 spiro atoms. The number of aryl methyl sites for hydroxylation is 3. The van der Waals surface area contributed by atoms with E-state index in [1.165, 1.54) is 16.7 Å². The quantitative estimate of drug-likeness (QED) is 0.480. The lowest BCUT2D eigenvalue weighted by Crippen LogP contribution is -2.17. The van der Waals surface area contributed by atoms with Gasteiger partial charge in [-0.25, -0.2) is 0 Å². The van der Waals surface area contributed by atoms with E-state index in [2.05, 4.69) is 4.74 Å². The molecule has 0 radical (unpaired) electrons. The van der Waals surface area contributed by atoms with E-state index in [1.807, 2.05) is 0 Å². The maximum absolute atomic E-state index is 13.1. The molecule has 3 rings (SSSR count). The number of aromatic nitrogens is 1. The first-order valence-electron chi connectivity index (χ1n) is 7.87. The standard InChI is InChI=1S/C19H14Cl2F3NO2/c1-9-4-5-14(20)15(16(9)21)18(26)25-8-11(3)13-7-12(27-19(22,23)24)6-10(2)17(13)25/h4-8H,1-3H3. The van der Waals surface area contributed by atoms with Crippen molar-refractivity contribution in [2.24, 2.45) is 0 Å². The fourth-order valence-corrected chi connectivity index (χ4v) is 3.55. The summed E-state index contributed by atoms with van der Waals surface area (Å²) in [5.41, 5.74) is 2.38. The van der Waals surface area contributed by atoms with Crippen LogP contribution < -0.4 is 4.74 Å². The number of nitrogens with zero attached hydrogens (tertiary/aromatic N) is 1. The van der Waals surface area contributed by atoms with Gasteiger partial charge < -0.3 is 4.74 Å². The smallest absolute Gasteiger partial charge is 0.406 e. The number of hydrogen-bond donors (Lipinski definition) is 0. The largest absolute Gasteiger partial charge is 0.573 e. The molecule has 0 saturated carbocycles. The van der Waals surface area contributed by atoms with Crippen LogP contribution in [0.4, 0.5) is 13.2 Å². The molecule has 0 saturated heterocycles. The van der Waals surface area contributed by atoms with Crippen molar-refractivity contribution < 1.29 is 22.7 Å². The minimum absolute atomic E-state index is 0.144. The molecule has 0 atom stereocenters. The van der Waals surface area contributed by atoms with Gasteiger partial charge in [0.05, 0.1) is 21.1 Å². The van der Waals surface area contributed by atoms with Gasteiger partial charge in [-0.2, -0.15) is 0 Å². The third kappa shape index (κ3) is 3.64. The number of benzene rings is 2. The second-order valence-electron chi connectivity index (χ2n) is 6.22. The van der Waals surface area contributed by atoms with Crippen molar-refractivity contribution in [1.29, 1.82) is 0 Å². The summed E-state index contributed by atoms with van der Waals surface area (Å²) in [5.74, 6) is -0.799. The van der Waals surface area contributed by atoms with E-state index in [4.69, 9.17) is 23.2 Å². The third-order valence-electron chi connectivity index (χ3n) is 4.21. The minimum Gasteiger partial charge on any atom is -0.406 e. The van der Waals surface area contributed by atoms with E-state index in [0.29, 0.717) is 27.6 Å². The number of alkyl halides is 3. The highest BCUT2D eigenvalue weighted by atomic mass is 35.5. The van der Waals surface area contributed by atoms with E-state index in [-0.39, 0.29) is 21.4 Å². The molecule has 0 N–H and O–H groups in total. The van der Waals surface area contributed by atoms with Crippen molar-refractivity contribution in [2.45, 2.75) is 27.1 Å². The predicted molar refractivity (Wildman–Crippen MR) is 99.0 cm³/mol. The number of halogens is 5. The van der Waals surface area contributed by atoms with Crippen molar-refractivity contribution >= 4 is 40.0 Å². The van der Waals surface area contributed by atoms with Gasteiger partial charge in [-0.05, 0) is 55.7 Å². The second kappa shape index (κ2) is 6.77. The first-order chi connectivity index (χ1) is 12.5. The number of hydrogen-bond acceptors (Lipinski definition) is 2. The highest BCUT2D eigenvalue weighted by Gasteiger charge is 2.31. The number of rotatable bonds is 2. The molecule has 27 heavy (non-hydrogen) atoms. The van der Waals surface area contributed by atoms with Gasteiger partial charge in [-0.15, -0.1) is 13.2 Å². The van der Waals surface area contributed by atoms with Gasteiger partial charge in [0.15, 0.2) is 0 Å². The van der Waals surface area contributed by atoms with Crippen molar-refractivity contribution in [3.8, 4) is 5.75 Å². The van der Waals surface area contributed by atoms with Crippen LogP contribution in [0.1, 0.15) is 27.0 Å². The lowest BCUT2D eigenvalue weighted by molar-refractivity contribution is -0.274. The molecule has 0 aliphatic carbocycles. The van der Waals surface area contributed by atoms with Crippen LogP contribution in [0.25, 0.3) is 10.9 Å². The Kier molecular flexibility index (Phi) is 4.91. The maximum atomic E-state index is 13.1. The zero-order chi connectivity index (χ0) is 20.1. The van der Waals surface area contributed by atoms with Crippen LogP contribution in [0.5, 0.6) is 5.75 Å². The van der Waals surface area contributed by atoms with Crippen molar-refractivity contribution in [2.75, 3.05) is 0 Å². The molecule has 2 aromatic carbocycles. The van der Waals surface area contributed by atoms with Crippen LogP contribution in [0, 0.1) is 20.8 Å². The number of carbonyl (C=O) groups is 1. The van der Waals surface area contributed by atoms with E-state index in [9.17, 15) is 18.0 Å². The van der Waals surface area contributed by atoms with Crippen molar-refractivity contribution in [3.05, 3.63) is 62.8 Å². The Morgan fingerprint density at radius 3 is 2.33 bits per heavy atom. The Morgan fingerprint density at radius 2 is 1.70 bits per heavy atom. The molecule has 1 aromatic heterocycles. The minimum atomic E-state index is -4.80. The third-order valence-corrected chi connectivity index (χ3v) is 5.01. The van der Waals surface area contributed by atoms with E-state index in [0.717, 1.165) is 0 Å². The summed E-state index contributed by atoms with van der Waals surface area (Å²) in [6.07, 6.45) is -3.25. The summed E-state index contributed by atoms with van der Waals surface area (Å²) < 4.78 is 43.0. The average molecular weight is 416 g/mol. The molecule has 0 amide bonds. The molecular formula is C19H14Cl2F3NO2. The SMILES string of the molecule is Cc1ccc(Cl)c(C(=O)n2cc(C)c3cc(OC(F)(F)F)cc(C)c32)c1Cl. The van der Waals surface area contributed by atoms with Gasteiger partial charge in [0.25, 0.3) is 5.91 Å². The van der Waals surface area contributed by atoms with Crippen LogP contribution in [0.3, 0.4) is 0 Å². The number of carbonyl (C=O) groups excluding carboxylic acids is 1. The Balaban J connectivity index is 2.20. The molecule has 0 unspecified atom stereocenters. The summed E-state index contributed by atoms with van der Waals surface area (Å²) in [6.45, 7) is 5.05. The highest BCUT2D eigenvalue weighted by Crippen LogP contribution is 2.34. The summed E-state index contributed by atoms with van der Waals surface area (Å²) in [5, 5.41) is 0.911. The Morgan fingerprint density at radius 1 is 1.04 bits per heavy atom. The molecule has 0 fully saturated rings. The monoisotopic (exact) mass is 415 g/mol. The van der Waals surface area contributed by atoms with Crippen LogP contribution in [-0.2, 0) is 0 Å². The van der Waals surface area contributed by atoms with E-state index in [1.54, 1.807) is 39.1 Å². The molecule has 1 heterocycles. The van der Waals surface area contributed by atoms with Crippen molar-refractivity contribution in [3.63, 3.8) is 0 Å². The molecular weight excluding hydrogens is 402 g/mol. The Bertz CT molecular complexity index is 1070. The van der Waals surface area contributed by atoms with Gasteiger partial charge in [0.2, 0.25) is 0 Å². The normalized spacial score (nSPS) is 11.9. The fraction of sp³-hybridized carbons (Fsp3) is 0.211. The van der Waals surface area contributed by atoms with Crippen LogP contribution >= 0.6 is 23.2 Å². The van der Waals surface area contributed by atoms with Crippen LogP contribution in [0.15, 0.2) is 30.5 Å². The second-order valence-corrected chi connectivity index (χ2v) is 7.01. The summed E-state index contributed by atoms with van der Waals surface area (Å²) in [6, 6.07) is 5.77. The Labute approximate surface area is 163 Å². The summed E-state index contributed by atoms with van der Waals surface area (Å²) in [4.78, 5) is 13.1. The number of fused-ring (bicyclic) bond motifs is 1. The van der Waals surface area contributed by atoms with Gasteiger partial charge in [0, 0.05) is 11.6 Å². The molecule has 0 aliphatic heterocycles. The molecule has 0 bridgehead atoms. The zero-order valence-corrected chi connectivity index (χ0v) is 16.1. The lowest BCUT2D eigenvalue weighted by atomic mass is 10.1. The topological polar surface area (TPSA) is 31.2 Å². The first kappa shape index (κ1) is 19.6. The number of ether oxygens (including phenoxy) is 1. The van der Waals surface area contributed by atoms with E-state index >= 15 is 0 Å². The maximum Gasteiger partial charge on any atom is 0.573 e. The highest BCUT2D eigenvalue weighted by molar-refractivity contribution is 6.40. The first-order valence-corrected chi connectivity index (χ1v) is 8.62. The molecule has 142 valence electrons. The zero-order valence-electron chi connectivity index (χ0n) is 14.5. The summed E-state index contributed by atoms with van der Waals surface area (Å²) >= 11 is 12.5. The fourth-order valence-electron chi connectivity index (χ4n) is 3.02. The van der Waals surface area contributed by atoms with Crippen molar-refractivity contribution in [1.82, 2.24) is 4.57 Å². The van der Waals surface area contributed by atoms with Gasteiger partial charge in [-0.3, -0.25) is 9.36 Å². The molecule has 8 heteroatoms. The molecule has 3 nitrogen and oxygen atoms in total.